The topological polar surface area (TPSA) is 102 Å². The van der Waals surface area contributed by atoms with Crippen molar-refractivity contribution in [3.05, 3.63) is 43.0 Å². The SMILES string of the molecule is C=CC(=O)NC(=O)CN.OB(OF)c1ccccc1. The van der Waals surface area contributed by atoms with Crippen molar-refractivity contribution < 1.29 is 24.0 Å². The zero-order chi connectivity index (χ0) is 14.7. The van der Waals surface area contributed by atoms with E-state index >= 15 is 0 Å². The van der Waals surface area contributed by atoms with Gasteiger partial charge in [-0.05, 0) is 11.5 Å². The van der Waals surface area contributed by atoms with E-state index in [1.165, 1.54) is 0 Å². The molecule has 0 unspecified atom stereocenters. The van der Waals surface area contributed by atoms with E-state index in [4.69, 9.17) is 10.8 Å². The Morgan fingerprint density at radius 3 is 2.47 bits per heavy atom. The zero-order valence-electron chi connectivity index (χ0n) is 10.1. The molecule has 0 radical (unpaired) electrons. The van der Waals surface area contributed by atoms with Crippen molar-refractivity contribution in [2.24, 2.45) is 5.73 Å². The number of hydrogen-bond donors (Lipinski definition) is 3. The summed E-state index contributed by atoms with van der Waals surface area (Å²) in [5.74, 6) is -1.02. The number of carbonyl (C=O) groups excluding carboxylic acids is 2. The molecule has 1 aromatic carbocycles. The number of nitrogens with two attached hydrogens (primary N) is 1. The monoisotopic (exact) mass is 268 g/mol. The molecule has 0 fully saturated rings. The van der Waals surface area contributed by atoms with Crippen LogP contribution in [-0.2, 0) is 14.4 Å². The van der Waals surface area contributed by atoms with Gasteiger partial charge in [0.25, 0.3) is 0 Å². The lowest BCUT2D eigenvalue weighted by Crippen LogP contribution is -2.34. The normalized spacial score (nSPS) is 8.79. The van der Waals surface area contributed by atoms with Crippen LogP contribution in [0.5, 0.6) is 0 Å². The van der Waals surface area contributed by atoms with Gasteiger partial charge in [-0.2, -0.15) is 0 Å². The minimum absolute atomic E-state index is 0.181. The third kappa shape index (κ3) is 7.82. The lowest BCUT2D eigenvalue weighted by atomic mass is 9.80. The number of nitrogens with one attached hydrogen (secondary N) is 1. The molecular formula is C11H14BFN2O4. The van der Waals surface area contributed by atoms with Gasteiger partial charge in [-0.3, -0.25) is 14.9 Å². The molecule has 102 valence electrons. The largest absolute Gasteiger partial charge is 0.529 e. The number of amides is 2. The Labute approximate surface area is 110 Å². The van der Waals surface area contributed by atoms with Crippen molar-refractivity contribution in [1.29, 1.82) is 0 Å². The van der Waals surface area contributed by atoms with E-state index < -0.39 is 18.9 Å². The van der Waals surface area contributed by atoms with Gasteiger partial charge in [0.1, 0.15) is 0 Å². The fourth-order valence-electron chi connectivity index (χ4n) is 0.909. The molecule has 0 aliphatic carbocycles. The first-order chi connectivity index (χ1) is 9.04. The van der Waals surface area contributed by atoms with Crippen molar-refractivity contribution in [2.45, 2.75) is 0 Å². The summed E-state index contributed by atoms with van der Waals surface area (Å²) < 4.78 is 11.3. The summed E-state index contributed by atoms with van der Waals surface area (Å²) >= 11 is 0. The molecule has 0 aliphatic heterocycles. The van der Waals surface area contributed by atoms with E-state index in [1.807, 2.05) is 5.32 Å². The molecule has 0 spiro atoms. The van der Waals surface area contributed by atoms with Gasteiger partial charge >= 0.3 is 7.12 Å². The molecule has 0 bridgehead atoms. The Bertz CT molecular complexity index is 416. The second kappa shape index (κ2) is 9.95. The molecule has 8 heteroatoms. The summed E-state index contributed by atoms with van der Waals surface area (Å²) in [7, 11) is -1.46. The Kier molecular flexibility index (Phi) is 8.89. The third-order valence-corrected chi connectivity index (χ3v) is 1.80. The highest BCUT2D eigenvalue weighted by molar-refractivity contribution is 6.59. The number of carbonyl (C=O) groups is 2. The maximum Gasteiger partial charge on any atom is 0.529 e. The van der Waals surface area contributed by atoms with Gasteiger partial charge in [-0.25, -0.2) is 4.86 Å². The fourth-order valence-corrected chi connectivity index (χ4v) is 0.909. The molecule has 0 saturated heterocycles. The predicted molar refractivity (Wildman–Crippen MR) is 68.6 cm³/mol. The highest BCUT2D eigenvalue weighted by Gasteiger charge is 2.15. The van der Waals surface area contributed by atoms with Crippen LogP contribution in [0.15, 0.2) is 43.0 Å². The molecule has 19 heavy (non-hydrogen) atoms. The van der Waals surface area contributed by atoms with Crippen LogP contribution in [0, 0.1) is 0 Å². The number of rotatable bonds is 4. The molecule has 0 heterocycles. The van der Waals surface area contributed by atoms with Crippen LogP contribution in [0.1, 0.15) is 0 Å². The molecular weight excluding hydrogens is 254 g/mol. The summed E-state index contributed by atoms with van der Waals surface area (Å²) in [6, 6.07) is 8.30. The molecule has 1 rings (SSSR count). The molecule has 6 nitrogen and oxygen atoms in total. The van der Waals surface area contributed by atoms with Crippen LogP contribution in [-0.4, -0.2) is 30.5 Å². The Balaban J connectivity index is 0.000000344. The van der Waals surface area contributed by atoms with Gasteiger partial charge < -0.3 is 10.8 Å². The summed E-state index contributed by atoms with van der Waals surface area (Å²) in [6.45, 7) is 2.96. The second-order valence-electron chi connectivity index (χ2n) is 3.17. The van der Waals surface area contributed by atoms with E-state index in [0.29, 0.717) is 5.46 Å². The molecule has 0 aliphatic rings. The van der Waals surface area contributed by atoms with Gasteiger partial charge in [0, 0.05) is 0 Å². The van der Waals surface area contributed by atoms with Crippen molar-refractivity contribution >= 4 is 24.4 Å². The highest BCUT2D eigenvalue weighted by Crippen LogP contribution is 1.87. The van der Waals surface area contributed by atoms with Gasteiger partial charge in [0.2, 0.25) is 11.8 Å². The molecule has 1 aromatic rings. The minimum atomic E-state index is -1.46. The van der Waals surface area contributed by atoms with Crippen LogP contribution in [0.3, 0.4) is 0 Å². The Morgan fingerprint density at radius 2 is 2.05 bits per heavy atom. The first-order valence-electron chi connectivity index (χ1n) is 5.21. The van der Waals surface area contributed by atoms with Gasteiger partial charge in [0.15, 0.2) is 0 Å². The minimum Gasteiger partial charge on any atom is -0.421 e. The van der Waals surface area contributed by atoms with E-state index in [0.717, 1.165) is 6.08 Å². The van der Waals surface area contributed by atoms with Crippen molar-refractivity contribution in [1.82, 2.24) is 5.32 Å². The van der Waals surface area contributed by atoms with Gasteiger partial charge in [-0.1, -0.05) is 41.4 Å². The van der Waals surface area contributed by atoms with Crippen LogP contribution < -0.4 is 16.5 Å². The van der Waals surface area contributed by atoms with E-state index in [9.17, 15) is 14.1 Å². The number of benzene rings is 1. The fraction of sp³-hybridized carbons (Fsp3) is 0.0909. The summed E-state index contributed by atoms with van der Waals surface area (Å²) in [6.07, 6.45) is 1.01. The third-order valence-electron chi connectivity index (χ3n) is 1.80. The number of halogens is 1. The molecule has 4 N–H and O–H groups in total. The van der Waals surface area contributed by atoms with Gasteiger partial charge in [0.05, 0.1) is 6.54 Å². The first kappa shape index (κ1) is 17.0. The summed E-state index contributed by atoms with van der Waals surface area (Å²) in [5, 5.41) is 10.7. The quantitative estimate of drug-likeness (QED) is 0.482. The van der Waals surface area contributed by atoms with Crippen molar-refractivity contribution in [2.75, 3.05) is 6.54 Å². The van der Waals surface area contributed by atoms with E-state index in [-0.39, 0.29) is 6.54 Å². The first-order valence-corrected chi connectivity index (χ1v) is 5.21. The Hall–Kier alpha value is -2.03. The lowest BCUT2D eigenvalue weighted by Gasteiger charge is -1.97. The number of imide groups is 1. The van der Waals surface area contributed by atoms with Crippen LogP contribution in [0.4, 0.5) is 4.53 Å². The van der Waals surface area contributed by atoms with Crippen LogP contribution in [0.25, 0.3) is 0 Å². The lowest BCUT2D eigenvalue weighted by molar-refractivity contribution is -0.127. The maximum absolute atomic E-state index is 11.3. The predicted octanol–water partition coefficient (Wildman–Crippen LogP) is -0.951. The average Bonchev–Trinajstić information content (AvgIpc) is 2.47. The zero-order valence-corrected chi connectivity index (χ0v) is 10.1. The maximum atomic E-state index is 11.3. The number of hydrogen-bond acceptors (Lipinski definition) is 5. The van der Waals surface area contributed by atoms with Crippen LogP contribution >= 0.6 is 0 Å². The van der Waals surface area contributed by atoms with Crippen molar-refractivity contribution in [3.8, 4) is 0 Å². The van der Waals surface area contributed by atoms with E-state index in [1.54, 1.807) is 30.3 Å². The highest BCUT2D eigenvalue weighted by atomic mass is 19.3. The van der Waals surface area contributed by atoms with E-state index in [2.05, 4.69) is 11.4 Å². The molecule has 0 saturated carbocycles. The van der Waals surface area contributed by atoms with Gasteiger partial charge in [-0.15, -0.1) is 0 Å². The standard InChI is InChI=1S/C6H6BFO2.C5H8N2O2/c8-10-7(9)6-4-2-1-3-5-6;1-2-4(8)7-5(9)3-6/h1-5,9H;2H,1,3,6H2,(H,7,8,9). The molecule has 0 aromatic heterocycles. The Morgan fingerprint density at radius 1 is 1.47 bits per heavy atom. The van der Waals surface area contributed by atoms with Crippen molar-refractivity contribution in [3.63, 3.8) is 0 Å². The smallest absolute Gasteiger partial charge is 0.421 e. The molecule has 0 atom stereocenters. The second-order valence-corrected chi connectivity index (χ2v) is 3.17. The summed E-state index contributed by atoms with van der Waals surface area (Å²) in [5.41, 5.74) is 5.28. The molecule has 2 amide bonds. The average molecular weight is 268 g/mol. The summed E-state index contributed by atoms with van der Waals surface area (Å²) in [4.78, 5) is 23.7. The van der Waals surface area contributed by atoms with Crippen LogP contribution in [0.2, 0.25) is 0 Å².